The summed E-state index contributed by atoms with van der Waals surface area (Å²) in [6, 6.07) is 30.6. The number of hydrogen-bond donors (Lipinski definition) is 0. The van der Waals surface area contributed by atoms with E-state index in [9.17, 15) is 0 Å². The Morgan fingerprint density at radius 3 is 0.343 bits per heavy atom. The first-order chi connectivity index (χ1) is 63.8. The van der Waals surface area contributed by atoms with Crippen LogP contribution in [0.4, 0.5) is 0 Å². The quantitative estimate of drug-likeness (QED) is 0.0293. The van der Waals surface area contributed by atoms with Gasteiger partial charge in [0.2, 0.25) is 0 Å². The van der Waals surface area contributed by atoms with Gasteiger partial charge < -0.3 is 142 Å². The molecule has 32 heteroatoms. The third-order valence-corrected chi connectivity index (χ3v) is 19.5. The zero-order chi connectivity index (χ0) is 95.3. The zero-order valence-corrected chi connectivity index (χ0v) is 89.6. The Bertz CT molecular complexity index is 2910. The number of rotatable bonds is 93. The smallest absolute Gasteiger partial charge is 0.491 e. The molecule has 0 saturated carbocycles. The summed E-state index contributed by atoms with van der Waals surface area (Å²) in [5.74, 6) is 4.20. The van der Waals surface area contributed by atoms with E-state index in [0.717, 1.165) is 36.5 Å². The second-order valence-corrected chi connectivity index (χ2v) is 36.9. The van der Waals surface area contributed by atoms with Gasteiger partial charge in [-0.25, -0.2) is 0 Å². The summed E-state index contributed by atoms with van der Waals surface area (Å²) in [5.41, 5.74) is 5.02. The van der Waals surface area contributed by atoms with E-state index in [2.05, 4.69) is 140 Å². The molecule has 0 aliphatic heterocycles. The summed E-state index contributed by atoms with van der Waals surface area (Å²) >= 11 is 0. The third kappa shape index (κ3) is 74.5. The molecule has 0 N–H and O–H groups in total. The largest absolute Gasteiger partial charge is 1.00 e. The minimum atomic E-state index is 0. The summed E-state index contributed by atoms with van der Waals surface area (Å²) in [5, 5.41) is 0. The Balaban J connectivity index is 0.0000304. The Hall–Kier alpha value is -3.41. The van der Waals surface area contributed by atoms with Crippen molar-refractivity contribution in [2.75, 3.05) is 357 Å². The fourth-order valence-corrected chi connectivity index (χ4v) is 14.3. The standard InChI is InChI=1S/C102H174O30.BH4.Rb/c1-97(2,3)85-100(10,11)88-16-22-91(23-17-88)127-76-70-121-64-58-115-52-46-109-40-34-103-28-31-106-37-43-112-49-55-118-61-67-124-73-79-130-94-82-95(131-80-74-125-68-62-119-56-50-113-44-38-107-32-29-104-35-41-110-47-53-116-59-65-122-71-77-128-92-24-18-89(19-25-92)101(12,13)86-98(4,5)6)84-96(83-94)132-81-75-126-69-63-120-57-51-114-45-39-108-33-30-105-36-42-111-48-54-117-60-66-123-72-78-129-93-26-20-90(21-27-93)102(14,15)87-99(7,8)9;;/h16-27,82-84H,28-81,85-87H2,1-15H3;1H4;/q;-1;+1. The molecule has 0 heterocycles. The van der Waals surface area contributed by atoms with Crippen molar-refractivity contribution in [3.8, 4) is 34.5 Å². The molecule has 0 aliphatic rings. The molecule has 30 nitrogen and oxygen atoms in total. The van der Waals surface area contributed by atoms with Gasteiger partial charge in [0.1, 0.15) is 74.1 Å². The Morgan fingerprint density at radius 1 is 0.142 bits per heavy atom. The normalized spacial score (nSPS) is 12.2. The molecule has 0 aliphatic carbocycles. The summed E-state index contributed by atoms with van der Waals surface area (Å²) in [4.78, 5) is 0. The van der Waals surface area contributed by atoms with Crippen molar-refractivity contribution < 1.29 is 200 Å². The molecule has 4 rings (SSSR count). The molecular formula is C102H178BO30Rb. The van der Waals surface area contributed by atoms with E-state index in [1.54, 1.807) is 18.2 Å². The maximum Gasteiger partial charge on any atom is 1.00 e. The number of hydrogen-bond acceptors (Lipinski definition) is 30. The SMILES string of the molecule is CC(C)(C)CC(C)(C)c1ccc(OCCOCCOCCOCCOCCOCCOCCOCCOCCOc2cc(OCCOCCOCCOCCOCCOCCOCCOCCOCCOc3ccc(C(C)(C)CC(C)(C)C)cc3)cc(OCCOCCOCCOCCOCCOCCOCCOCCOCCOc3ccc(C(C)(C)CC(C)(C)C)cc3)c2)cc1.[BH4-].[Rb+]. The van der Waals surface area contributed by atoms with Crippen molar-refractivity contribution in [3.63, 3.8) is 0 Å². The Kier molecular flexibility index (Phi) is 77.6. The second-order valence-electron chi connectivity index (χ2n) is 36.9. The van der Waals surface area contributed by atoms with Gasteiger partial charge >= 0.3 is 58.2 Å². The van der Waals surface area contributed by atoms with Crippen LogP contribution in [0, 0.1) is 16.2 Å². The second kappa shape index (κ2) is 82.1. The summed E-state index contributed by atoms with van der Waals surface area (Å²) in [6.07, 6.45) is 3.31. The Morgan fingerprint density at radius 2 is 0.239 bits per heavy atom. The van der Waals surface area contributed by atoms with Crippen LogP contribution in [0.3, 0.4) is 0 Å². The van der Waals surface area contributed by atoms with Gasteiger partial charge in [-0.05, 0) is 105 Å². The molecule has 0 atom stereocenters. The molecular weight excluding hydrogens is 1800 g/mol. The van der Waals surface area contributed by atoms with Crippen LogP contribution < -0.4 is 86.6 Å². The molecule has 0 aromatic heterocycles. The predicted octanol–water partition coefficient (Wildman–Crippen LogP) is 10.2. The fraction of sp³-hybridized carbons (Fsp3) is 0.765. The molecule has 4 aromatic rings. The minimum Gasteiger partial charge on any atom is -0.491 e. The third-order valence-electron chi connectivity index (χ3n) is 19.5. The van der Waals surface area contributed by atoms with Crippen LogP contribution in [-0.2, 0) is 130 Å². The van der Waals surface area contributed by atoms with E-state index in [0.29, 0.717) is 374 Å². The van der Waals surface area contributed by atoms with Crippen LogP contribution in [-0.4, -0.2) is 365 Å². The van der Waals surface area contributed by atoms with E-state index in [4.69, 9.17) is 142 Å². The molecule has 0 amide bonds. The fourth-order valence-electron chi connectivity index (χ4n) is 14.3. The van der Waals surface area contributed by atoms with Crippen molar-refractivity contribution in [1.82, 2.24) is 0 Å². The van der Waals surface area contributed by atoms with Crippen LogP contribution >= 0.6 is 0 Å². The minimum absolute atomic E-state index is 0. The van der Waals surface area contributed by atoms with Crippen LogP contribution in [0.1, 0.15) is 140 Å². The first-order valence-corrected chi connectivity index (χ1v) is 47.9. The Labute approximate surface area is 856 Å². The van der Waals surface area contributed by atoms with Crippen molar-refractivity contribution in [1.29, 1.82) is 0 Å². The monoisotopic (exact) mass is 1980 g/mol. The maximum atomic E-state index is 6.08. The van der Waals surface area contributed by atoms with E-state index in [1.807, 2.05) is 36.4 Å². The van der Waals surface area contributed by atoms with Crippen LogP contribution in [0.5, 0.6) is 34.5 Å². The molecule has 0 spiro atoms. The van der Waals surface area contributed by atoms with E-state index in [1.165, 1.54) is 16.7 Å². The van der Waals surface area contributed by atoms with Crippen molar-refractivity contribution in [3.05, 3.63) is 108 Å². The predicted molar refractivity (Wildman–Crippen MR) is 521 cm³/mol. The topological polar surface area (TPSA) is 277 Å². The average Bonchev–Trinajstić information content (AvgIpc) is 0.834. The van der Waals surface area contributed by atoms with Crippen molar-refractivity contribution in [2.45, 2.75) is 139 Å². The van der Waals surface area contributed by atoms with Gasteiger partial charge in [0.25, 0.3) is 0 Å². The first-order valence-electron chi connectivity index (χ1n) is 47.9. The molecule has 134 heavy (non-hydrogen) atoms. The van der Waals surface area contributed by atoms with Crippen LogP contribution in [0.25, 0.3) is 0 Å². The summed E-state index contributed by atoms with van der Waals surface area (Å²) < 4.78 is 172. The van der Waals surface area contributed by atoms with Gasteiger partial charge in [0, 0.05) is 18.2 Å². The van der Waals surface area contributed by atoms with E-state index in [-0.39, 0.29) is 99.1 Å². The van der Waals surface area contributed by atoms with Gasteiger partial charge in [-0.15, -0.1) is 0 Å². The van der Waals surface area contributed by atoms with Gasteiger partial charge in [-0.3, -0.25) is 0 Å². The van der Waals surface area contributed by atoms with Crippen molar-refractivity contribution in [2.24, 2.45) is 16.2 Å². The van der Waals surface area contributed by atoms with Gasteiger partial charge in [0.15, 0.2) is 0 Å². The van der Waals surface area contributed by atoms with Gasteiger partial charge in [0.05, 0.1) is 317 Å². The van der Waals surface area contributed by atoms with E-state index < -0.39 is 0 Å². The molecule has 0 fully saturated rings. The molecule has 0 unspecified atom stereocenters. The van der Waals surface area contributed by atoms with Crippen LogP contribution in [0.2, 0.25) is 0 Å². The van der Waals surface area contributed by atoms with Gasteiger partial charge in [-0.1, -0.05) is 149 Å². The molecule has 0 radical (unpaired) electrons. The zero-order valence-electron chi connectivity index (χ0n) is 84.7. The number of benzene rings is 4. The van der Waals surface area contributed by atoms with Crippen LogP contribution in [0.15, 0.2) is 91.0 Å². The van der Waals surface area contributed by atoms with Crippen molar-refractivity contribution >= 4 is 8.41 Å². The molecule has 0 saturated heterocycles. The first kappa shape index (κ1) is 127. The number of ether oxygens (including phenoxy) is 30. The molecule has 4 aromatic carbocycles. The van der Waals surface area contributed by atoms with E-state index >= 15 is 0 Å². The molecule has 0 bridgehead atoms. The van der Waals surface area contributed by atoms with Gasteiger partial charge in [-0.2, -0.15) is 0 Å². The maximum absolute atomic E-state index is 6.08. The average molecular weight is 1980 g/mol. The summed E-state index contributed by atoms with van der Waals surface area (Å²) in [6.45, 7) is 58.3. The molecule has 770 valence electrons. The summed E-state index contributed by atoms with van der Waals surface area (Å²) in [7, 11) is 0.